The molecule has 0 spiro atoms. The van der Waals surface area contributed by atoms with E-state index in [1.807, 2.05) is 0 Å². The Kier molecular flexibility index (Phi) is 5.34. The fourth-order valence-electron chi connectivity index (χ4n) is 3.84. The lowest BCUT2D eigenvalue weighted by molar-refractivity contribution is 0.0420. The summed E-state index contributed by atoms with van der Waals surface area (Å²) in [7, 11) is 2.21. The van der Waals surface area contributed by atoms with Crippen LogP contribution in [0.2, 0.25) is 0 Å². The molecule has 2 aliphatic rings. The lowest BCUT2D eigenvalue weighted by atomic mass is 9.84. The van der Waals surface area contributed by atoms with Gasteiger partial charge in [0.2, 0.25) is 0 Å². The molecule has 2 saturated heterocycles. The van der Waals surface area contributed by atoms with Crippen LogP contribution in [0, 0.1) is 18.8 Å². The van der Waals surface area contributed by atoms with Crippen molar-refractivity contribution in [3.63, 3.8) is 0 Å². The number of pyridine rings is 1. The number of aromatic nitrogens is 1. The van der Waals surface area contributed by atoms with Crippen LogP contribution in [0.4, 0.5) is 0 Å². The van der Waals surface area contributed by atoms with Crippen molar-refractivity contribution in [2.45, 2.75) is 45.9 Å². The van der Waals surface area contributed by atoms with Crippen LogP contribution in [0.25, 0.3) is 0 Å². The van der Waals surface area contributed by atoms with Crippen LogP contribution in [-0.2, 0) is 11.3 Å². The second-order valence-corrected chi connectivity index (χ2v) is 7.62. The first-order chi connectivity index (χ1) is 11.0. The highest BCUT2D eigenvalue weighted by molar-refractivity contribution is 5.10. The summed E-state index contributed by atoms with van der Waals surface area (Å²) >= 11 is 0. The number of aryl methyl sites for hydroxylation is 1. The van der Waals surface area contributed by atoms with E-state index < -0.39 is 0 Å². The van der Waals surface area contributed by atoms with Gasteiger partial charge in [-0.05, 0) is 58.8 Å². The molecule has 23 heavy (non-hydrogen) atoms. The smallest absolute Gasteiger partial charge is 0.0745 e. The maximum Gasteiger partial charge on any atom is 0.0745 e. The molecule has 0 bridgehead atoms. The number of likely N-dealkylation sites (tertiary alicyclic amines) is 1. The number of fused-ring (bicyclic) bond motifs is 1. The SMILES string of the molecule is Cc1cccc(CN2CC[C@@H]3CO[C@@H](CN(C)C(C)C)[C@@H]3C2)n1. The molecule has 0 saturated carbocycles. The van der Waals surface area contributed by atoms with Gasteiger partial charge in [-0.3, -0.25) is 9.88 Å². The standard InChI is InChI=1S/C19H31N3O/c1-14(2)21(4)12-19-18-11-22(9-8-16(18)13-23-19)10-17-7-5-6-15(3)20-17/h5-7,14,16,18-19H,8-13H2,1-4H3/t16-,18-,19+/m1/s1. The van der Waals surface area contributed by atoms with Gasteiger partial charge in [0.05, 0.1) is 18.4 Å². The van der Waals surface area contributed by atoms with Crippen LogP contribution < -0.4 is 0 Å². The molecule has 128 valence electrons. The van der Waals surface area contributed by atoms with E-state index in [0.717, 1.165) is 37.9 Å². The largest absolute Gasteiger partial charge is 0.376 e. The Bertz CT molecular complexity index is 519. The van der Waals surface area contributed by atoms with E-state index in [2.05, 4.69) is 60.8 Å². The predicted octanol–water partition coefficient (Wildman–Crippen LogP) is 2.57. The molecule has 4 heteroatoms. The number of piperidine rings is 1. The molecule has 3 rings (SSSR count). The summed E-state index contributed by atoms with van der Waals surface area (Å²) in [6.07, 6.45) is 1.65. The van der Waals surface area contributed by atoms with Crippen LogP contribution >= 0.6 is 0 Å². The lowest BCUT2D eigenvalue weighted by Gasteiger charge is -2.37. The van der Waals surface area contributed by atoms with E-state index in [0.29, 0.717) is 18.1 Å². The minimum atomic E-state index is 0.390. The van der Waals surface area contributed by atoms with E-state index in [4.69, 9.17) is 4.74 Å². The predicted molar refractivity (Wildman–Crippen MR) is 93.4 cm³/mol. The van der Waals surface area contributed by atoms with Gasteiger partial charge in [0.15, 0.2) is 0 Å². The summed E-state index contributed by atoms with van der Waals surface area (Å²) in [4.78, 5) is 9.64. The van der Waals surface area contributed by atoms with Crippen molar-refractivity contribution in [2.75, 3.05) is 33.3 Å². The molecule has 0 radical (unpaired) electrons. The van der Waals surface area contributed by atoms with Crippen LogP contribution in [0.15, 0.2) is 18.2 Å². The van der Waals surface area contributed by atoms with Crippen LogP contribution in [-0.4, -0.2) is 60.2 Å². The number of ether oxygens (including phenoxy) is 1. The van der Waals surface area contributed by atoms with E-state index >= 15 is 0 Å². The highest BCUT2D eigenvalue weighted by Gasteiger charge is 2.41. The van der Waals surface area contributed by atoms with Gasteiger partial charge in [-0.2, -0.15) is 0 Å². The number of rotatable bonds is 5. The van der Waals surface area contributed by atoms with Gasteiger partial charge in [0, 0.05) is 37.3 Å². The molecule has 0 amide bonds. The molecule has 0 N–H and O–H groups in total. The van der Waals surface area contributed by atoms with Crippen molar-refractivity contribution in [1.82, 2.24) is 14.8 Å². The van der Waals surface area contributed by atoms with Crippen LogP contribution in [0.1, 0.15) is 31.7 Å². The summed E-state index contributed by atoms with van der Waals surface area (Å²) in [6, 6.07) is 6.91. The van der Waals surface area contributed by atoms with Crippen molar-refractivity contribution < 1.29 is 4.74 Å². The Labute approximate surface area is 140 Å². The number of hydrogen-bond acceptors (Lipinski definition) is 4. The third kappa shape index (κ3) is 4.11. The summed E-state index contributed by atoms with van der Waals surface area (Å²) in [5.74, 6) is 1.43. The van der Waals surface area contributed by atoms with Gasteiger partial charge >= 0.3 is 0 Å². The maximum atomic E-state index is 6.15. The average molecular weight is 317 g/mol. The summed E-state index contributed by atoms with van der Waals surface area (Å²) in [5, 5.41) is 0. The van der Waals surface area contributed by atoms with Crippen molar-refractivity contribution >= 4 is 0 Å². The zero-order valence-electron chi connectivity index (χ0n) is 15.0. The fourth-order valence-corrected chi connectivity index (χ4v) is 3.84. The lowest BCUT2D eigenvalue weighted by Crippen LogP contribution is -2.45. The highest BCUT2D eigenvalue weighted by Crippen LogP contribution is 2.35. The van der Waals surface area contributed by atoms with Gasteiger partial charge in [-0.15, -0.1) is 0 Å². The van der Waals surface area contributed by atoms with E-state index in [9.17, 15) is 0 Å². The van der Waals surface area contributed by atoms with Gasteiger partial charge in [-0.25, -0.2) is 0 Å². The Hall–Kier alpha value is -0.970. The number of nitrogens with zero attached hydrogens (tertiary/aromatic N) is 3. The second kappa shape index (κ2) is 7.29. The summed E-state index contributed by atoms with van der Waals surface area (Å²) in [5.41, 5.74) is 2.30. The quantitative estimate of drug-likeness (QED) is 0.834. The molecule has 3 heterocycles. The maximum absolute atomic E-state index is 6.15. The first-order valence-electron chi connectivity index (χ1n) is 8.99. The van der Waals surface area contributed by atoms with E-state index in [-0.39, 0.29) is 0 Å². The average Bonchev–Trinajstić information content (AvgIpc) is 2.90. The van der Waals surface area contributed by atoms with Gasteiger partial charge in [0.1, 0.15) is 0 Å². The molecule has 1 aromatic heterocycles. The zero-order valence-corrected chi connectivity index (χ0v) is 15.0. The van der Waals surface area contributed by atoms with Crippen molar-refractivity contribution in [3.05, 3.63) is 29.6 Å². The Balaban J connectivity index is 1.60. The minimum absolute atomic E-state index is 0.390. The number of hydrogen-bond donors (Lipinski definition) is 0. The fraction of sp³-hybridized carbons (Fsp3) is 0.737. The molecule has 2 fully saturated rings. The molecule has 3 atom stereocenters. The minimum Gasteiger partial charge on any atom is -0.376 e. The molecule has 0 aliphatic carbocycles. The monoisotopic (exact) mass is 317 g/mol. The van der Waals surface area contributed by atoms with Crippen molar-refractivity contribution in [2.24, 2.45) is 11.8 Å². The molecule has 2 aliphatic heterocycles. The van der Waals surface area contributed by atoms with Crippen molar-refractivity contribution in [1.29, 1.82) is 0 Å². The first-order valence-corrected chi connectivity index (χ1v) is 8.99. The number of likely N-dealkylation sites (N-methyl/N-ethyl adjacent to an activating group) is 1. The molecule has 0 unspecified atom stereocenters. The Morgan fingerprint density at radius 2 is 2.22 bits per heavy atom. The van der Waals surface area contributed by atoms with Crippen molar-refractivity contribution in [3.8, 4) is 0 Å². The zero-order chi connectivity index (χ0) is 16.4. The normalized spacial score (nSPS) is 28.5. The van der Waals surface area contributed by atoms with E-state index in [1.165, 1.54) is 18.7 Å². The third-order valence-electron chi connectivity index (χ3n) is 5.57. The third-order valence-corrected chi connectivity index (χ3v) is 5.57. The Morgan fingerprint density at radius 1 is 1.39 bits per heavy atom. The molecular formula is C19H31N3O. The van der Waals surface area contributed by atoms with Crippen LogP contribution in [0.3, 0.4) is 0 Å². The second-order valence-electron chi connectivity index (χ2n) is 7.62. The van der Waals surface area contributed by atoms with Gasteiger partial charge in [-0.1, -0.05) is 6.07 Å². The van der Waals surface area contributed by atoms with Gasteiger partial charge < -0.3 is 9.64 Å². The molecule has 4 nitrogen and oxygen atoms in total. The van der Waals surface area contributed by atoms with Gasteiger partial charge in [0.25, 0.3) is 0 Å². The Morgan fingerprint density at radius 3 is 2.96 bits per heavy atom. The molecule has 1 aromatic rings. The molecule has 0 aromatic carbocycles. The topological polar surface area (TPSA) is 28.6 Å². The summed E-state index contributed by atoms with van der Waals surface area (Å²) < 4.78 is 6.15. The van der Waals surface area contributed by atoms with Crippen LogP contribution in [0.5, 0.6) is 0 Å². The molecular weight excluding hydrogens is 286 g/mol. The first kappa shape index (κ1) is 16.9. The summed E-state index contributed by atoms with van der Waals surface area (Å²) in [6.45, 7) is 11.9. The highest BCUT2D eigenvalue weighted by atomic mass is 16.5. The van der Waals surface area contributed by atoms with E-state index in [1.54, 1.807) is 0 Å².